The number of nitrogens with one attached hydrogen (secondary N) is 2. The zero-order valence-corrected chi connectivity index (χ0v) is 17.2. The van der Waals surface area contributed by atoms with Gasteiger partial charge in [-0.3, -0.25) is 4.79 Å². The maximum Gasteiger partial charge on any atom is 0.241 e. The van der Waals surface area contributed by atoms with Gasteiger partial charge in [0.05, 0.1) is 10.3 Å². The minimum absolute atomic E-state index is 0. The van der Waals surface area contributed by atoms with Crippen LogP contribution in [-0.4, -0.2) is 26.4 Å². The molecular weight excluding hydrogens is 362 g/mol. The monoisotopic (exact) mass is 391 g/mol. The lowest BCUT2D eigenvalue weighted by Crippen LogP contribution is -2.41. The molecule has 0 saturated carbocycles. The average Bonchev–Trinajstić information content (AvgIpc) is 2.47. The molecule has 0 heterocycles. The molecule has 4 N–H and O–H groups in total. The van der Waals surface area contributed by atoms with Crippen molar-refractivity contribution in [3.8, 4) is 0 Å². The van der Waals surface area contributed by atoms with Gasteiger partial charge in [0, 0.05) is 17.8 Å². The maximum absolute atomic E-state index is 12.6. The van der Waals surface area contributed by atoms with E-state index in [0.29, 0.717) is 18.5 Å². The first kappa shape index (κ1) is 23.9. The van der Waals surface area contributed by atoms with Crippen LogP contribution >= 0.6 is 12.4 Å². The number of sulfonamides is 1. The molecule has 0 aliphatic carbocycles. The Hall–Kier alpha value is -1.15. The molecule has 0 atom stereocenters. The molecule has 0 bridgehead atoms. The lowest BCUT2D eigenvalue weighted by Gasteiger charge is -2.28. The van der Waals surface area contributed by atoms with Crippen molar-refractivity contribution in [1.29, 1.82) is 0 Å². The van der Waals surface area contributed by atoms with E-state index in [1.165, 1.54) is 12.1 Å². The Morgan fingerprint density at radius 2 is 1.72 bits per heavy atom. The van der Waals surface area contributed by atoms with Crippen LogP contribution in [0.3, 0.4) is 0 Å². The van der Waals surface area contributed by atoms with Gasteiger partial charge in [-0.1, -0.05) is 19.9 Å². The second-order valence-corrected chi connectivity index (χ2v) is 8.71. The van der Waals surface area contributed by atoms with Crippen molar-refractivity contribution in [2.45, 2.75) is 57.9 Å². The number of halogens is 1. The highest BCUT2D eigenvalue weighted by molar-refractivity contribution is 7.89. The Labute approximate surface area is 157 Å². The smallest absolute Gasteiger partial charge is 0.241 e. The maximum atomic E-state index is 12.6. The highest BCUT2D eigenvalue weighted by Gasteiger charge is 2.33. The highest BCUT2D eigenvalue weighted by Crippen LogP contribution is 2.27. The first-order valence-corrected chi connectivity index (χ1v) is 9.63. The van der Waals surface area contributed by atoms with Crippen molar-refractivity contribution in [3.05, 3.63) is 24.3 Å². The number of anilines is 1. The number of benzene rings is 1. The van der Waals surface area contributed by atoms with Gasteiger partial charge in [0.15, 0.2) is 0 Å². The number of carbonyl (C=O) groups is 1. The fourth-order valence-electron chi connectivity index (χ4n) is 2.42. The zero-order chi connectivity index (χ0) is 18.6. The predicted molar refractivity (Wildman–Crippen MR) is 104 cm³/mol. The summed E-state index contributed by atoms with van der Waals surface area (Å²) in [6.07, 6.45) is 1.24. The van der Waals surface area contributed by atoms with Gasteiger partial charge in [0.2, 0.25) is 15.9 Å². The van der Waals surface area contributed by atoms with E-state index in [9.17, 15) is 13.2 Å². The summed E-state index contributed by atoms with van der Waals surface area (Å²) >= 11 is 0. The number of rotatable bonds is 7. The fraction of sp³-hybridized carbons (Fsp3) is 0.588. The molecule has 0 aliphatic heterocycles. The van der Waals surface area contributed by atoms with Crippen LogP contribution in [0.15, 0.2) is 29.2 Å². The van der Waals surface area contributed by atoms with Gasteiger partial charge in [-0.05, 0) is 51.8 Å². The lowest BCUT2D eigenvalue weighted by molar-refractivity contribution is -0.125. The summed E-state index contributed by atoms with van der Waals surface area (Å²) in [6, 6.07) is 6.23. The Morgan fingerprint density at radius 1 is 1.16 bits per heavy atom. The molecular formula is C17H30ClN3O3S. The van der Waals surface area contributed by atoms with Crippen LogP contribution in [0.25, 0.3) is 0 Å². The highest BCUT2D eigenvalue weighted by atomic mass is 35.5. The Bertz CT molecular complexity index is 672. The number of nitrogens with two attached hydrogens (primary N) is 1. The molecule has 0 aromatic heterocycles. The second kappa shape index (κ2) is 8.98. The fourth-order valence-corrected chi connectivity index (χ4v) is 3.88. The molecule has 0 saturated heterocycles. The zero-order valence-electron chi connectivity index (χ0n) is 15.5. The molecule has 1 aromatic carbocycles. The van der Waals surface area contributed by atoms with Gasteiger partial charge >= 0.3 is 0 Å². The van der Waals surface area contributed by atoms with Crippen molar-refractivity contribution in [2.75, 3.05) is 11.9 Å². The standard InChI is InChI=1S/C17H29N3O3S.ClH/c1-6-17(7-2,12-18)15(21)19-13-9-8-10-14(11-13)24(22,23)20-16(3,4)5;/h8-11,20H,6-7,12,18H2,1-5H3,(H,19,21);1H. The van der Waals surface area contributed by atoms with Gasteiger partial charge in [-0.25, -0.2) is 13.1 Å². The van der Waals surface area contributed by atoms with Gasteiger partial charge in [-0.2, -0.15) is 0 Å². The van der Waals surface area contributed by atoms with Crippen molar-refractivity contribution in [1.82, 2.24) is 4.72 Å². The third-order valence-corrected chi connectivity index (χ3v) is 5.82. The molecule has 1 amide bonds. The minimum Gasteiger partial charge on any atom is -0.329 e. The molecule has 8 heteroatoms. The normalized spacial score (nSPS) is 12.4. The number of amides is 1. The van der Waals surface area contributed by atoms with E-state index in [-0.39, 0.29) is 29.8 Å². The van der Waals surface area contributed by atoms with Crippen LogP contribution in [-0.2, 0) is 14.8 Å². The Morgan fingerprint density at radius 3 is 2.16 bits per heavy atom. The summed E-state index contributed by atoms with van der Waals surface area (Å²) in [7, 11) is -3.65. The van der Waals surface area contributed by atoms with Crippen LogP contribution < -0.4 is 15.8 Å². The molecule has 6 nitrogen and oxygen atoms in total. The van der Waals surface area contributed by atoms with E-state index in [4.69, 9.17) is 5.73 Å². The SMILES string of the molecule is CCC(CC)(CN)C(=O)Nc1cccc(S(=O)(=O)NC(C)(C)C)c1.Cl. The van der Waals surface area contributed by atoms with Crippen molar-refractivity contribution < 1.29 is 13.2 Å². The van der Waals surface area contributed by atoms with Gasteiger partial charge in [-0.15, -0.1) is 12.4 Å². The van der Waals surface area contributed by atoms with E-state index in [2.05, 4.69) is 10.0 Å². The van der Waals surface area contributed by atoms with Crippen LogP contribution in [0.2, 0.25) is 0 Å². The molecule has 0 aliphatic rings. The molecule has 0 radical (unpaired) electrons. The topological polar surface area (TPSA) is 101 Å². The largest absolute Gasteiger partial charge is 0.329 e. The second-order valence-electron chi connectivity index (χ2n) is 7.03. The van der Waals surface area contributed by atoms with Crippen molar-refractivity contribution in [3.63, 3.8) is 0 Å². The molecule has 1 rings (SSSR count). The van der Waals surface area contributed by atoms with Crippen LogP contribution in [0.4, 0.5) is 5.69 Å². The lowest BCUT2D eigenvalue weighted by atomic mass is 9.81. The van der Waals surface area contributed by atoms with E-state index >= 15 is 0 Å². The number of hydrogen-bond donors (Lipinski definition) is 3. The Balaban J connectivity index is 0.00000576. The van der Waals surface area contributed by atoms with Crippen LogP contribution in [0.5, 0.6) is 0 Å². The van der Waals surface area contributed by atoms with Crippen LogP contribution in [0.1, 0.15) is 47.5 Å². The first-order valence-electron chi connectivity index (χ1n) is 8.15. The van der Waals surface area contributed by atoms with E-state index in [1.54, 1.807) is 32.9 Å². The van der Waals surface area contributed by atoms with E-state index in [0.717, 1.165) is 0 Å². The summed E-state index contributed by atoms with van der Waals surface area (Å²) in [5.74, 6) is -0.187. The van der Waals surface area contributed by atoms with Crippen molar-refractivity contribution >= 4 is 34.0 Å². The summed E-state index contributed by atoms with van der Waals surface area (Å²) in [6.45, 7) is 9.40. The number of carbonyl (C=O) groups excluding carboxylic acids is 1. The molecule has 0 spiro atoms. The first-order chi connectivity index (χ1) is 11.0. The minimum atomic E-state index is -3.65. The summed E-state index contributed by atoms with van der Waals surface area (Å²) in [5, 5.41) is 2.80. The molecule has 0 fully saturated rings. The summed E-state index contributed by atoms with van der Waals surface area (Å²) < 4.78 is 27.4. The molecule has 144 valence electrons. The van der Waals surface area contributed by atoms with Crippen LogP contribution in [0, 0.1) is 5.41 Å². The quantitative estimate of drug-likeness (QED) is 0.665. The number of hydrogen-bond acceptors (Lipinski definition) is 4. The van der Waals surface area contributed by atoms with E-state index in [1.807, 2.05) is 13.8 Å². The van der Waals surface area contributed by atoms with Crippen molar-refractivity contribution in [2.24, 2.45) is 11.1 Å². The van der Waals surface area contributed by atoms with E-state index < -0.39 is 21.0 Å². The molecule has 25 heavy (non-hydrogen) atoms. The summed E-state index contributed by atoms with van der Waals surface area (Å²) in [5.41, 5.74) is 5.00. The average molecular weight is 392 g/mol. The third-order valence-electron chi connectivity index (χ3n) is 4.07. The predicted octanol–water partition coefficient (Wildman–Crippen LogP) is 2.89. The van der Waals surface area contributed by atoms with Gasteiger partial charge in [0.25, 0.3) is 0 Å². The Kier molecular flexibility index (Phi) is 8.57. The summed E-state index contributed by atoms with van der Waals surface area (Å²) in [4.78, 5) is 12.7. The third kappa shape index (κ3) is 6.26. The van der Waals surface area contributed by atoms with Gasteiger partial charge < -0.3 is 11.1 Å². The van der Waals surface area contributed by atoms with Gasteiger partial charge in [0.1, 0.15) is 0 Å². The molecule has 1 aromatic rings. The molecule has 0 unspecified atom stereocenters.